The number of hydrogen-bond donors (Lipinski definition) is 2. The first kappa shape index (κ1) is 14.6. The predicted molar refractivity (Wildman–Crippen MR) is 77.9 cm³/mol. The number of anilines is 1. The van der Waals surface area contributed by atoms with Crippen molar-refractivity contribution < 1.29 is 14.3 Å². The van der Waals surface area contributed by atoms with Crippen LogP contribution >= 0.6 is 0 Å². The average molecular weight is 304 g/mol. The Morgan fingerprint density at radius 2 is 2.09 bits per heavy atom. The summed E-state index contributed by atoms with van der Waals surface area (Å²) in [5.74, 6) is -0.733. The van der Waals surface area contributed by atoms with Crippen molar-refractivity contribution in [2.24, 2.45) is 5.92 Å². The maximum absolute atomic E-state index is 14.1. The van der Waals surface area contributed by atoms with Crippen LogP contribution in [0.2, 0.25) is 0 Å². The molecule has 1 aliphatic carbocycles. The van der Waals surface area contributed by atoms with Gasteiger partial charge < -0.3 is 10.4 Å². The summed E-state index contributed by atoms with van der Waals surface area (Å²) in [6.45, 7) is 0. The fourth-order valence-electron chi connectivity index (χ4n) is 2.69. The molecular formula is C15H17FN4O2. The van der Waals surface area contributed by atoms with Gasteiger partial charge in [0, 0.05) is 11.6 Å². The van der Waals surface area contributed by atoms with E-state index in [9.17, 15) is 14.3 Å². The Bertz CT molecular complexity index is 652. The van der Waals surface area contributed by atoms with E-state index >= 15 is 0 Å². The van der Waals surface area contributed by atoms with E-state index in [1.165, 1.54) is 23.4 Å². The molecule has 0 radical (unpaired) electrons. The summed E-state index contributed by atoms with van der Waals surface area (Å²) in [5.41, 5.74) is 0.689. The zero-order chi connectivity index (χ0) is 15.5. The second kappa shape index (κ2) is 6.23. The van der Waals surface area contributed by atoms with Gasteiger partial charge in [0.2, 0.25) is 5.91 Å². The Kier molecular flexibility index (Phi) is 4.15. The van der Waals surface area contributed by atoms with Crippen LogP contribution in [-0.2, 0) is 4.79 Å². The van der Waals surface area contributed by atoms with Gasteiger partial charge in [-0.05, 0) is 43.9 Å². The number of halogens is 1. The third-order valence-corrected chi connectivity index (χ3v) is 3.95. The zero-order valence-electron chi connectivity index (χ0n) is 11.9. The molecule has 3 rings (SSSR count). The van der Waals surface area contributed by atoms with Crippen LogP contribution < -0.4 is 5.32 Å². The molecule has 1 aromatic heterocycles. The molecule has 2 N–H and O–H groups in total. The molecule has 2 aromatic rings. The molecule has 1 saturated carbocycles. The number of aromatic nitrogens is 3. The quantitative estimate of drug-likeness (QED) is 0.907. The molecule has 22 heavy (non-hydrogen) atoms. The Labute approximate surface area is 127 Å². The predicted octanol–water partition coefficient (Wildman–Crippen LogP) is 1.90. The van der Waals surface area contributed by atoms with Crippen molar-refractivity contribution in [3.8, 4) is 5.69 Å². The largest absolute Gasteiger partial charge is 0.393 e. The number of amides is 1. The van der Waals surface area contributed by atoms with Crippen LogP contribution in [0, 0.1) is 11.7 Å². The summed E-state index contributed by atoms with van der Waals surface area (Å²) < 4.78 is 15.4. The lowest BCUT2D eigenvalue weighted by molar-refractivity contribution is -0.121. The summed E-state index contributed by atoms with van der Waals surface area (Å²) >= 11 is 0. The van der Waals surface area contributed by atoms with Crippen LogP contribution in [-0.4, -0.2) is 31.9 Å². The Morgan fingerprint density at radius 1 is 1.32 bits per heavy atom. The zero-order valence-corrected chi connectivity index (χ0v) is 11.9. The first-order chi connectivity index (χ1) is 10.6. The van der Waals surface area contributed by atoms with Gasteiger partial charge >= 0.3 is 0 Å². The number of aliphatic hydroxyl groups excluding tert-OH is 1. The number of aliphatic hydroxyl groups is 1. The van der Waals surface area contributed by atoms with Crippen LogP contribution in [0.25, 0.3) is 5.69 Å². The summed E-state index contributed by atoms with van der Waals surface area (Å²) in [5, 5.41) is 16.1. The lowest BCUT2D eigenvalue weighted by Gasteiger charge is -2.24. The van der Waals surface area contributed by atoms with E-state index in [0.29, 0.717) is 31.4 Å². The minimum atomic E-state index is -0.484. The number of hydrogen-bond acceptors (Lipinski definition) is 4. The van der Waals surface area contributed by atoms with Crippen molar-refractivity contribution >= 4 is 11.6 Å². The Morgan fingerprint density at radius 3 is 2.73 bits per heavy atom. The van der Waals surface area contributed by atoms with Crippen LogP contribution in [0.5, 0.6) is 0 Å². The molecule has 0 bridgehead atoms. The molecule has 1 fully saturated rings. The maximum Gasteiger partial charge on any atom is 0.227 e. The van der Waals surface area contributed by atoms with Gasteiger partial charge in [0.1, 0.15) is 18.3 Å². The van der Waals surface area contributed by atoms with E-state index in [4.69, 9.17) is 0 Å². The van der Waals surface area contributed by atoms with Gasteiger partial charge in [-0.2, -0.15) is 5.10 Å². The fourth-order valence-corrected chi connectivity index (χ4v) is 2.69. The third kappa shape index (κ3) is 3.14. The van der Waals surface area contributed by atoms with Gasteiger partial charge in [-0.15, -0.1) is 0 Å². The minimum absolute atomic E-state index is 0.124. The molecular weight excluding hydrogens is 287 g/mol. The molecule has 1 heterocycles. The highest BCUT2D eigenvalue weighted by Gasteiger charge is 2.25. The molecule has 0 atom stereocenters. The summed E-state index contributed by atoms with van der Waals surface area (Å²) in [6, 6.07) is 4.45. The molecule has 1 amide bonds. The number of nitrogens with zero attached hydrogens (tertiary/aromatic N) is 3. The number of nitrogens with one attached hydrogen (secondary N) is 1. The monoisotopic (exact) mass is 304 g/mol. The van der Waals surface area contributed by atoms with E-state index in [-0.39, 0.29) is 23.6 Å². The summed E-state index contributed by atoms with van der Waals surface area (Å²) in [4.78, 5) is 15.9. The van der Waals surface area contributed by atoms with Crippen LogP contribution in [0.1, 0.15) is 25.7 Å². The fraction of sp³-hybridized carbons (Fsp3) is 0.400. The molecule has 116 valence electrons. The Hall–Kier alpha value is -2.28. The third-order valence-electron chi connectivity index (χ3n) is 3.95. The van der Waals surface area contributed by atoms with Crippen LogP contribution in [0.15, 0.2) is 30.9 Å². The number of carbonyl (C=O) groups is 1. The molecule has 0 unspecified atom stereocenters. The van der Waals surface area contributed by atoms with Gasteiger partial charge in [-0.3, -0.25) is 4.79 Å². The highest BCUT2D eigenvalue weighted by Crippen LogP contribution is 2.26. The molecule has 6 nitrogen and oxygen atoms in total. The van der Waals surface area contributed by atoms with Gasteiger partial charge in [-0.25, -0.2) is 14.1 Å². The molecule has 0 spiro atoms. The second-order valence-corrected chi connectivity index (χ2v) is 5.50. The Balaban J connectivity index is 1.68. The normalized spacial score (nSPS) is 21.5. The van der Waals surface area contributed by atoms with E-state index in [1.54, 1.807) is 12.1 Å². The highest BCUT2D eigenvalue weighted by molar-refractivity contribution is 5.92. The van der Waals surface area contributed by atoms with Gasteiger partial charge in [0.15, 0.2) is 5.82 Å². The highest BCUT2D eigenvalue weighted by atomic mass is 19.1. The van der Waals surface area contributed by atoms with E-state index in [0.717, 1.165) is 0 Å². The minimum Gasteiger partial charge on any atom is -0.393 e. The second-order valence-electron chi connectivity index (χ2n) is 5.50. The van der Waals surface area contributed by atoms with E-state index in [1.807, 2.05) is 0 Å². The van der Waals surface area contributed by atoms with Crippen molar-refractivity contribution in [3.05, 3.63) is 36.7 Å². The summed E-state index contributed by atoms with van der Waals surface area (Å²) in [6.07, 6.45) is 5.02. The molecule has 1 aromatic carbocycles. The smallest absolute Gasteiger partial charge is 0.227 e. The molecule has 0 saturated heterocycles. The lowest BCUT2D eigenvalue weighted by atomic mass is 9.87. The molecule has 0 aliphatic heterocycles. The number of rotatable bonds is 3. The van der Waals surface area contributed by atoms with Gasteiger partial charge in [-0.1, -0.05) is 0 Å². The lowest BCUT2D eigenvalue weighted by Crippen LogP contribution is -2.28. The number of benzene rings is 1. The number of carbonyl (C=O) groups excluding carboxylic acids is 1. The van der Waals surface area contributed by atoms with Crippen molar-refractivity contribution in [2.75, 3.05) is 5.32 Å². The van der Waals surface area contributed by atoms with Crippen LogP contribution in [0.4, 0.5) is 10.1 Å². The molecule has 7 heteroatoms. The van der Waals surface area contributed by atoms with Gasteiger partial charge in [0.05, 0.1) is 6.10 Å². The standard InChI is InChI=1S/C15H17FN4O2/c16-13-7-11(3-6-14(13)20-9-17-8-18-20)19-15(22)10-1-4-12(21)5-2-10/h3,6-10,12,21H,1-2,4-5H2,(H,19,22). The van der Waals surface area contributed by atoms with E-state index < -0.39 is 5.82 Å². The molecule has 1 aliphatic rings. The van der Waals surface area contributed by atoms with Crippen molar-refractivity contribution in [2.45, 2.75) is 31.8 Å². The SMILES string of the molecule is O=C(Nc1ccc(-n2cncn2)c(F)c1)C1CCC(O)CC1. The topological polar surface area (TPSA) is 80.0 Å². The van der Waals surface area contributed by atoms with Crippen molar-refractivity contribution in [1.82, 2.24) is 14.8 Å². The van der Waals surface area contributed by atoms with Crippen molar-refractivity contribution in [1.29, 1.82) is 0 Å². The van der Waals surface area contributed by atoms with Crippen molar-refractivity contribution in [3.63, 3.8) is 0 Å². The first-order valence-corrected chi connectivity index (χ1v) is 7.27. The first-order valence-electron chi connectivity index (χ1n) is 7.27. The maximum atomic E-state index is 14.1. The van der Waals surface area contributed by atoms with E-state index in [2.05, 4.69) is 15.4 Å². The average Bonchev–Trinajstić information content (AvgIpc) is 3.02. The van der Waals surface area contributed by atoms with Crippen LogP contribution in [0.3, 0.4) is 0 Å². The van der Waals surface area contributed by atoms with Gasteiger partial charge in [0.25, 0.3) is 0 Å². The summed E-state index contributed by atoms with van der Waals surface area (Å²) in [7, 11) is 0.